The topological polar surface area (TPSA) is 75.6 Å². The Morgan fingerprint density at radius 1 is 1.73 bits per heavy atom. The fourth-order valence-corrected chi connectivity index (χ4v) is 0.434. The molecule has 0 spiro atoms. The number of carbonyl (C=O) groups is 1. The number of alkyl carbamates (subject to hydrolysis) is 1. The van der Waals surface area contributed by atoms with Crippen LogP contribution in [0, 0.1) is 0 Å². The summed E-state index contributed by atoms with van der Waals surface area (Å²) in [5.41, 5.74) is 0. The van der Waals surface area contributed by atoms with E-state index in [4.69, 9.17) is 5.11 Å². The Morgan fingerprint density at radius 3 is 2.55 bits per heavy atom. The summed E-state index contributed by atoms with van der Waals surface area (Å²) in [5.74, 6) is 0. The van der Waals surface area contributed by atoms with E-state index in [2.05, 4.69) is 10.1 Å². The first-order chi connectivity index (χ1) is 5.11. The summed E-state index contributed by atoms with van der Waals surface area (Å²) in [6, 6.07) is -1.03. The van der Waals surface area contributed by atoms with Gasteiger partial charge in [0.1, 0.15) is 6.04 Å². The molecule has 0 aromatic rings. The van der Waals surface area contributed by atoms with Gasteiger partial charge in [-0.1, -0.05) is 0 Å². The van der Waals surface area contributed by atoms with Gasteiger partial charge in [-0.2, -0.15) is 0 Å². The van der Waals surface area contributed by atoms with Gasteiger partial charge in [-0.15, -0.1) is 0 Å². The van der Waals surface area contributed by atoms with Crippen molar-refractivity contribution in [2.45, 2.75) is 19.1 Å². The van der Waals surface area contributed by atoms with Gasteiger partial charge in [0, 0.05) is 0 Å². The molecule has 1 radical (unpaired) electrons. The Kier molecular flexibility index (Phi) is 4.21. The average Bonchev–Trinajstić information content (AvgIpc) is 1.99. The van der Waals surface area contributed by atoms with E-state index in [-0.39, 0.29) is 0 Å². The first-order valence-electron chi connectivity index (χ1n) is 3.02. The molecule has 5 nitrogen and oxygen atoms in total. The lowest BCUT2D eigenvalue weighted by molar-refractivity contribution is 0.141. The number of ether oxygens (including phenoxy) is 1. The summed E-state index contributed by atoms with van der Waals surface area (Å²) >= 11 is 0. The normalized spacial score (nSPS) is 14.8. The minimum absolute atomic E-state index is 0.765. The third-order valence-corrected chi connectivity index (χ3v) is 1.07. The fourth-order valence-electron chi connectivity index (χ4n) is 0.434. The van der Waals surface area contributed by atoms with Gasteiger partial charge in [-0.3, -0.25) is 4.79 Å². The van der Waals surface area contributed by atoms with E-state index in [9.17, 15) is 9.59 Å². The molecule has 1 amide bonds. The van der Waals surface area contributed by atoms with Gasteiger partial charge in [-0.25, -0.2) is 4.79 Å². The molecular weight excluding hydrogens is 150 g/mol. The van der Waals surface area contributed by atoms with Crippen molar-refractivity contribution in [1.29, 1.82) is 0 Å². The van der Waals surface area contributed by atoms with Crippen LogP contribution in [-0.4, -0.2) is 36.7 Å². The highest BCUT2D eigenvalue weighted by Gasteiger charge is 2.17. The van der Waals surface area contributed by atoms with Crippen LogP contribution in [-0.2, 0) is 9.53 Å². The van der Waals surface area contributed by atoms with E-state index >= 15 is 0 Å². The molecule has 0 saturated carbocycles. The summed E-state index contributed by atoms with van der Waals surface area (Å²) in [6.45, 7) is 1.37. The van der Waals surface area contributed by atoms with Crippen molar-refractivity contribution in [3.8, 4) is 0 Å². The molecule has 0 fully saturated rings. The van der Waals surface area contributed by atoms with Crippen LogP contribution in [0.25, 0.3) is 0 Å². The van der Waals surface area contributed by atoms with Crippen molar-refractivity contribution >= 4 is 12.4 Å². The van der Waals surface area contributed by atoms with Gasteiger partial charge in [0.15, 0.2) is 0 Å². The third-order valence-electron chi connectivity index (χ3n) is 1.07. The molecule has 11 heavy (non-hydrogen) atoms. The Hall–Kier alpha value is -1.10. The van der Waals surface area contributed by atoms with Crippen molar-refractivity contribution in [1.82, 2.24) is 5.32 Å². The maximum atomic E-state index is 10.5. The SMILES string of the molecule is COC(=O)N[C@@H]([C]=O)[C@@H](C)O. The number of hydrogen-bond acceptors (Lipinski definition) is 4. The monoisotopic (exact) mass is 160 g/mol. The third kappa shape index (κ3) is 3.57. The summed E-state index contributed by atoms with van der Waals surface area (Å²) in [4.78, 5) is 20.5. The lowest BCUT2D eigenvalue weighted by atomic mass is 10.2. The standard InChI is InChI=1S/C6H10NO4/c1-4(9)5(3-8)7-6(10)11-2/h4-5,9H,1-2H3,(H,7,10)/t4-,5+/m1/s1. The van der Waals surface area contributed by atoms with Crippen LogP contribution in [0.15, 0.2) is 0 Å². The Morgan fingerprint density at radius 2 is 2.27 bits per heavy atom. The maximum absolute atomic E-state index is 10.5. The van der Waals surface area contributed by atoms with Crippen LogP contribution in [0.5, 0.6) is 0 Å². The number of carbonyl (C=O) groups excluding carboxylic acids is 2. The van der Waals surface area contributed by atoms with Crippen LogP contribution in [0.1, 0.15) is 6.92 Å². The van der Waals surface area contributed by atoms with Gasteiger partial charge >= 0.3 is 6.09 Å². The van der Waals surface area contributed by atoms with E-state index in [0.717, 1.165) is 0 Å². The molecule has 0 aliphatic carbocycles. The van der Waals surface area contributed by atoms with Gasteiger partial charge in [0.25, 0.3) is 0 Å². The zero-order chi connectivity index (χ0) is 8.85. The molecule has 2 N–H and O–H groups in total. The zero-order valence-electron chi connectivity index (χ0n) is 6.33. The number of aliphatic hydroxyl groups is 1. The molecule has 0 aromatic carbocycles. The van der Waals surface area contributed by atoms with Crippen molar-refractivity contribution < 1.29 is 19.4 Å². The van der Waals surface area contributed by atoms with Crippen molar-refractivity contribution in [3.63, 3.8) is 0 Å². The Balaban J connectivity index is 3.87. The van der Waals surface area contributed by atoms with Crippen LogP contribution < -0.4 is 5.32 Å². The first kappa shape index (κ1) is 9.90. The second kappa shape index (κ2) is 4.68. The number of hydrogen-bond donors (Lipinski definition) is 2. The number of methoxy groups -OCH3 is 1. The second-order valence-corrected chi connectivity index (χ2v) is 1.97. The van der Waals surface area contributed by atoms with E-state index in [1.807, 2.05) is 0 Å². The predicted molar refractivity (Wildman–Crippen MR) is 36.7 cm³/mol. The Labute approximate surface area is 64.3 Å². The number of rotatable bonds is 3. The summed E-state index contributed by atoms with van der Waals surface area (Å²) in [6.07, 6.45) is -0.276. The smallest absolute Gasteiger partial charge is 0.407 e. The molecule has 63 valence electrons. The molecule has 2 atom stereocenters. The van der Waals surface area contributed by atoms with E-state index in [0.29, 0.717) is 0 Å². The Bertz CT molecular complexity index is 146. The van der Waals surface area contributed by atoms with Crippen molar-refractivity contribution in [3.05, 3.63) is 0 Å². The van der Waals surface area contributed by atoms with Crippen LogP contribution in [0.2, 0.25) is 0 Å². The van der Waals surface area contributed by atoms with Gasteiger partial charge < -0.3 is 15.2 Å². The lowest BCUT2D eigenvalue weighted by Crippen LogP contribution is -2.43. The molecule has 0 aliphatic rings. The number of aliphatic hydroxyl groups excluding tert-OH is 1. The quantitative estimate of drug-likeness (QED) is 0.566. The average molecular weight is 160 g/mol. The molecule has 5 heteroatoms. The highest BCUT2D eigenvalue weighted by molar-refractivity contribution is 5.73. The van der Waals surface area contributed by atoms with Crippen molar-refractivity contribution in [2.24, 2.45) is 0 Å². The molecule has 0 aliphatic heterocycles. The largest absolute Gasteiger partial charge is 0.453 e. The van der Waals surface area contributed by atoms with E-state index in [1.54, 1.807) is 0 Å². The fraction of sp³-hybridized carbons (Fsp3) is 0.667. The van der Waals surface area contributed by atoms with Gasteiger partial charge in [0.05, 0.1) is 13.2 Å². The highest BCUT2D eigenvalue weighted by Crippen LogP contribution is 1.88. The minimum Gasteiger partial charge on any atom is -0.453 e. The lowest BCUT2D eigenvalue weighted by Gasteiger charge is -2.12. The second-order valence-electron chi connectivity index (χ2n) is 1.97. The van der Waals surface area contributed by atoms with Crippen LogP contribution in [0.4, 0.5) is 4.79 Å². The summed E-state index contributed by atoms with van der Waals surface area (Å²) in [5, 5.41) is 10.9. The van der Waals surface area contributed by atoms with E-state index in [1.165, 1.54) is 20.3 Å². The molecule has 0 saturated heterocycles. The van der Waals surface area contributed by atoms with Crippen LogP contribution in [0.3, 0.4) is 0 Å². The number of amides is 1. The minimum atomic E-state index is -1.03. The maximum Gasteiger partial charge on any atom is 0.407 e. The molecule has 0 unspecified atom stereocenters. The van der Waals surface area contributed by atoms with E-state index < -0.39 is 18.2 Å². The highest BCUT2D eigenvalue weighted by atomic mass is 16.5. The molecule has 0 heterocycles. The molecule has 0 rings (SSSR count). The predicted octanol–water partition coefficient (Wildman–Crippen LogP) is -0.799. The molecule has 0 aromatic heterocycles. The molecule has 0 bridgehead atoms. The number of nitrogens with one attached hydrogen (secondary N) is 1. The van der Waals surface area contributed by atoms with Gasteiger partial charge in [0.2, 0.25) is 6.29 Å². The zero-order valence-corrected chi connectivity index (χ0v) is 6.33. The first-order valence-corrected chi connectivity index (χ1v) is 3.02. The molecular formula is C6H10NO4. The summed E-state index contributed by atoms with van der Waals surface area (Å²) in [7, 11) is 1.17. The van der Waals surface area contributed by atoms with Crippen LogP contribution >= 0.6 is 0 Å². The van der Waals surface area contributed by atoms with Crippen molar-refractivity contribution in [2.75, 3.05) is 7.11 Å². The summed E-state index contributed by atoms with van der Waals surface area (Å²) < 4.78 is 4.19. The van der Waals surface area contributed by atoms with Gasteiger partial charge in [-0.05, 0) is 6.92 Å².